The Morgan fingerprint density at radius 3 is 1.93 bits per heavy atom. The molecule has 8 heteroatoms. The van der Waals surface area contributed by atoms with E-state index in [1.165, 1.54) is 0 Å². The van der Waals surface area contributed by atoms with Crippen LogP contribution in [0.5, 0.6) is 0 Å². The van der Waals surface area contributed by atoms with Crippen molar-refractivity contribution in [3.05, 3.63) is 59.7 Å². The lowest BCUT2D eigenvalue weighted by Crippen LogP contribution is -2.24. The number of nitrogens with two attached hydrogens (primary N) is 1. The molecule has 0 saturated heterocycles. The van der Waals surface area contributed by atoms with Gasteiger partial charge in [-0.25, -0.2) is 0 Å². The van der Waals surface area contributed by atoms with E-state index in [0.717, 1.165) is 48.8 Å². The van der Waals surface area contributed by atoms with Gasteiger partial charge >= 0.3 is 0 Å². The molecule has 2 aromatic carbocycles. The van der Waals surface area contributed by atoms with E-state index < -0.39 is 0 Å². The van der Waals surface area contributed by atoms with Crippen LogP contribution in [0, 0.1) is 22.7 Å². The molecule has 0 saturated carbocycles. The summed E-state index contributed by atoms with van der Waals surface area (Å²) in [6, 6.07) is 18.4. The molecule has 0 unspecified atom stereocenters. The molecule has 0 radical (unpaired) electrons. The third-order valence-electron chi connectivity index (χ3n) is 3.82. The lowest BCUT2D eigenvalue weighted by atomic mass is 10.2. The zero-order valence-corrected chi connectivity index (χ0v) is 18.2. The SMILES string of the molecule is CN(CCCN)CCCNSc1ccc(C#N)cc1.N#Cc1ccc(SO)cc1. The molecule has 6 nitrogen and oxygen atoms in total. The van der Waals surface area contributed by atoms with Crippen LogP contribution in [0.1, 0.15) is 24.0 Å². The Hall–Kier alpha value is -2.04. The largest absolute Gasteiger partial charge is 0.330 e. The van der Waals surface area contributed by atoms with Gasteiger partial charge in [-0.15, -0.1) is 0 Å². The number of nitriles is 2. The van der Waals surface area contributed by atoms with Crippen molar-refractivity contribution in [2.75, 3.05) is 33.2 Å². The summed E-state index contributed by atoms with van der Waals surface area (Å²) in [5.41, 5.74) is 6.78. The molecule has 0 aliphatic rings. The molecule has 2 aromatic rings. The van der Waals surface area contributed by atoms with Gasteiger partial charge in [0.1, 0.15) is 0 Å². The molecule has 0 aliphatic carbocycles. The van der Waals surface area contributed by atoms with Gasteiger partial charge in [0, 0.05) is 28.4 Å². The fourth-order valence-corrected chi connectivity index (χ4v) is 3.16. The smallest absolute Gasteiger partial charge is 0.0991 e. The Labute approximate surface area is 182 Å². The van der Waals surface area contributed by atoms with Gasteiger partial charge in [0.15, 0.2) is 0 Å². The first-order chi connectivity index (χ1) is 14.1. The van der Waals surface area contributed by atoms with Gasteiger partial charge in [0.2, 0.25) is 0 Å². The highest BCUT2D eigenvalue weighted by Crippen LogP contribution is 2.15. The molecule has 2 rings (SSSR count). The van der Waals surface area contributed by atoms with Crippen molar-refractivity contribution >= 4 is 24.0 Å². The molecule has 0 fully saturated rings. The molecule has 0 heterocycles. The zero-order valence-electron chi connectivity index (χ0n) is 16.5. The minimum absolute atomic E-state index is 0.609. The first-order valence-corrected chi connectivity index (χ1v) is 10.8. The van der Waals surface area contributed by atoms with Gasteiger partial charge in [0.05, 0.1) is 23.3 Å². The van der Waals surface area contributed by atoms with E-state index >= 15 is 0 Å². The molecule has 29 heavy (non-hydrogen) atoms. The molecule has 0 aromatic heterocycles. The maximum atomic E-state index is 8.70. The van der Waals surface area contributed by atoms with Crippen LogP contribution < -0.4 is 10.5 Å². The maximum absolute atomic E-state index is 8.70. The van der Waals surface area contributed by atoms with E-state index in [1.54, 1.807) is 36.2 Å². The van der Waals surface area contributed by atoms with Crippen LogP contribution in [0.25, 0.3) is 0 Å². The molecular formula is C21H27N5OS2. The summed E-state index contributed by atoms with van der Waals surface area (Å²) in [6.07, 6.45) is 2.17. The van der Waals surface area contributed by atoms with Gasteiger partial charge in [0.25, 0.3) is 0 Å². The van der Waals surface area contributed by atoms with Crippen molar-refractivity contribution in [2.24, 2.45) is 5.73 Å². The number of hydrogen-bond donors (Lipinski definition) is 3. The van der Waals surface area contributed by atoms with Crippen LogP contribution in [0.3, 0.4) is 0 Å². The third kappa shape index (κ3) is 11.5. The molecule has 4 N–H and O–H groups in total. The second-order valence-electron chi connectivity index (χ2n) is 6.16. The number of nitrogens with one attached hydrogen (secondary N) is 1. The Bertz CT molecular complexity index is 770. The highest BCUT2D eigenvalue weighted by atomic mass is 32.2. The lowest BCUT2D eigenvalue weighted by molar-refractivity contribution is 0.327. The van der Waals surface area contributed by atoms with Crippen LogP contribution in [-0.4, -0.2) is 42.7 Å². The lowest BCUT2D eigenvalue weighted by Gasteiger charge is -2.15. The minimum atomic E-state index is 0.609. The van der Waals surface area contributed by atoms with E-state index in [2.05, 4.69) is 22.7 Å². The van der Waals surface area contributed by atoms with Gasteiger partial charge in [-0.05, 0) is 100 Å². The normalized spacial score (nSPS) is 10.0. The van der Waals surface area contributed by atoms with E-state index in [4.69, 9.17) is 20.8 Å². The summed E-state index contributed by atoms with van der Waals surface area (Å²) in [6.45, 7) is 3.88. The Morgan fingerprint density at radius 2 is 1.45 bits per heavy atom. The zero-order chi connectivity index (χ0) is 21.3. The minimum Gasteiger partial charge on any atom is -0.330 e. The predicted octanol–water partition coefficient (Wildman–Crippen LogP) is 3.95. The second-order valence-corrected chi connectivity index (χ2v) is 7.78. The van der Waals surface area contributed by atoms with Crippen LogP contribution in [0.15, 0.2) is 58.3 Å². The van der Waals surface area contributed by atoms with Gasteiger partial charge in [-0.1, -0.05) is 0 Å². The fourth-order valence-electron chi connectivity index (χ4n) is 2.22. The van der Waals surface area contributed by atoms with Crippen LogP contribution in [-0.2, 0) is 0 Å². The summed E-state index contributed by atoms with van der Waals surface area (Å²) in [5.74, 6) is 0. The molecule has 0 aliphatic heterocycles. The summed E-state index contributed by atoms with van der Waals surface area (Å²) < 4.78 is 11.9. The van der Waals surface area contributed by atoms with Crippen molar-refractivity contribution in [3.8, 4) is 12.1 Å². The Balaban J connectivity index is 0.000000352. The molecule has 0 bridgehead atoms. The van der Waals surface area contributed by atoms with Gasteiger partial charge in [-0.3, -0.25) is 4.72 Å². The maximum Gasteiger partial charge on any atom is 0.0991 e. The van der Waals surface area contributed by atoms with E-state index in [1.807, 2.05) is 30.3 Å². The van der Waals surface area contributed by atoms with Crippen LogP contribution >= 0.6 is 24.0 Å². The van der Waals surface area contributed by atoms with E-state index in [-0.39, 0.29) is 0 Å². The first kappa shape index (κ1) is 25.0. The quantitative estimate of drug-likeness (QED) is 0.296. The second kappa shape index (κ2) is 15.8. The van der Waals surface area contributed by atoms with Crippen molar-refractivity contribution in [3.63, 3.8) is 0 Å². The van der Waals surface area contributed by atoms with Crippen molar-refractivity contribution in [1.82, 2.24) is 9.62 Å². The average molecular weight is 430 g/mol. The number of rotatable bonds is 10. The molecule has 0 spiro atoms. The third-order valence-corrected chi connectivity index (χ3v) is 5.16. The number of nitrogens with zero attached hydrogens (tertiary/aromatic N) is 3. The fraction of sp³-hybridized carbons (Fsp3) is 0.333. The highest BCUT2D eigenvalue weighted by molar-refractivity contribution is 7.97. The molecule has 154 valence electrons. The van der Waals surface area contributed by atoms with Crippen molar-refractivity contribution in [1.29, 1.82) is 10.5 Å². The van der Waals surface area contributed by atoms with E-state index in [9.17, 15) is 0 Å². The van der Waals surface area contributed by atoms with E-state index in [0.29, 0.717) is 23.2 Å². The van der Waals surface area contributed by atoms with Gasteiger partial charge < -0.3 is 15.2 Å². The Kier molecular flexibility index (Phi) is 13.6. The predicted molar refractivity (Wildman–Crippen MR) is 120 cm³/mol. The van der Waals surface area contributed by atoms with Crippen LogP contribution in [0.4, 0.5) is 0 Å². The van der Waals surface area contributed by atoms with Crippen molar-refractivity contribution in [2.45, 2.75) is 22.6 Å². The number of hydrogen-bond acceptors (Lipinski definition) is 8. The Morgan fingerprint density at radius 1 is 0.931 bits per heavy atom. The summed E-state index contributed by atoms with van der Waals surface area (Å²) in [5, 5.41) is 17.1. The highest BCUT2D eigenvalue weighted by Gasteiger charge is 1.98. The summed E-state index contributed by atoms with van der Waals surface area (Å²) in [7, 11) is 2.13. The average Bonchev–Trinajstić information content (AvgIpc) is 2.78. The van der Waals surface area contributed by atoms with Crippen molar-refractivity contribution < 1.29 is 4.55 Å². The number of benzene rings is 2. The molecular weight excluding hydrogens is 402 g/mol. The molecule has 0 amide bonds. The monoisotopic (exact) mass is 429 g/mol. The standard InChI is InChI=1S/C14H22N4S.C7H5NOS/c1-18(10-2-8-15)11-3-9-17-19-14-6-4-13(12-16)5-7-14;8-5-6-1-3-7(10-9)4-2-6/h4-7,17H,2-3,8-11,15H2,1H3;1-4,9H. The first-order valence-electron chi connectivity index (χ1n) is 9.23. The molecule has 0 atom stereocenters. The summed E-state index contributed by atoms with van der Waals surface area (Å²) in [4.78, 5) is 4.19. The van der Waals surface area contributed by atoms with Crippen LogP contribution in [0.2, 0.25) is 0 Å². The topological polar surface area (TPSA) is 109 Å². The summed E-state index contributed by atoms with van der Waals surface area (Å²) >= 11 is 2.29. The van der Waals surface area contributed by atoms with Gasteiger partial charge in [-0.2, -0.15) is 10.5 Å².